The maximum Gasteiger partial charge on any atom is 0.392 e. The summed E-state index contributed by atoms with van der Waals surface area (Å²) in [5, 5.41) is 2.80. The molecule has 2 unspecified atom stereocenters. The lowest BCUT2D eigenvalue weighted by Gasteiger charge is -2.32. The molecular weight excluding hydrogens is 373 g/mol. The number of hydrogen-bond donors (Lipinski definition) is 1. The molecule has 2 atom stereocenters. The molecular formula is C20H27F3N2OS. The molecule has 1 saturated carbocycles. The number of carbonyl (C=O) groups excluding carboxylic acids is 1. The van der Waals surface area contributed by atoms with Crippen LogP contribution in [0.15, 0.2) is 18.2 Å². The minimum atomic E-state index is -4.31. The van der Waals surface area contributed by atoms with E-state index in [1.165, 1.54) is 0 Å². The number of benzene rings is 1. The van der Waals surface area contributed by atoms with E-state index < -0.39 is 23.9 Å². The Morgan fingerprint density at radius 2 is 1.93 bits per heavy atom. The van der Waals surface area contributed by atoms with Crippen LogP contribution in [-0.4, -0.2) is 41.6 Å². The van der Waals surface area contributed by atoms with Crippen molar-refractivity contribution in [2.45, 2.75) is 45.3 Å². The molecule has 1 aromatic carbocycles. The monoisotopic (exact) mass is 400 g/mol. The van der Waals surface area contributed by atoms with Crippen molar-refractivity contribution < 1.29 is 18.0 Å². The van der Waals surface area contributed by atoms with E-state index in [9.17, 15) is 18.0 Å². The Hall–Kier alpha value is -1.21. The molecule has 2 aliphatic rings. The Kier molecular flexibility index (Phi) is 6.74. The third-order valence-electron chi connectivity index (χ3n) is 5.72. The van der Waals surface area contributed by atoms with Crippen LogP contribution in [0, 0.1) is 18.8 Å². The van der Waals surface area contributed by atoms with E-state index in [4.69, 9.17) is 0 Å². The summed E-state index contributed by atoms with van der Waals surface area (Å²) in [6, 6.07) is 5.69. The zero-order chi connectivity index (χ0) is 19.4. The molecule has 1 aliphatic heterocycles. The second kappa shape index (κ2) is 8.86. The normalized spacial score (nSPS) is 24.6. The second-order valence-electron chi connectivity index (χ2n) is 7.51. The van der Waals surface area contributed by atoms with Crippen molar-refractivity contribution in [3.05, 3.63) is 29.3 Å². The molecule has 1 aliphatic carbocycles. The van der Waals surface area contributed by atoms with Gasteiger partial charge in [0.2, 0.25) is 5.91 Å². The molecule has 0 spiro atoms. The smallest absolute Gasteiger partial charge is 0.326 e. The number of amides is 1. The standard InChI is InChI=1S/C20H27F3N2OS/c1-14-15(13-25-9-11-27-12-10-25)5-4-8-18(14)24-19(26)16-6-2-3-7-17(16)20(21,22)23/h4-5,8,16-17H,2-3,6-7,9-13H2,1H3,(H,24,26). The van der Waals surface area contributed by atoms with Crippen LogP contribution < -0.4 is 5.32 Å². The van der Waals surface area contributed by atoms with Crippen LogP contribution in [0.4, 0.5) is 18.9 Å². The zero-order valence-corrected chi connectivity index (χ0v) is 16.5. The summed E-state index contributed by atoms with van der Waals surface area (Å²) in [7, 11) is 0. The van der Waals surface area contributed by atoms with E-state index in [0.29, 0.717) is 24.9 Å². The first-order valence-corrected chi connectivity index (χ1v) is 10.8. The highest BCUT2D eigenvalue weighted by atomic mass is 32.2. The summed E-state index contributed by atoms with van der Waals surface area (Å²) in [5.41, 5.74) is 2.70. The van der Waals surface area contributed by atoms with Gasteiger partial charge in [-0.15, -0.1) is 0 Å². The molecule has 0 aromatic heterocycles. The van der Waals surface area contributed by atoms with E-state index in [1.54, 1.807) is 6.07 Å². The molecule has 3 rings (SSSR count). The first-order chi connectivity index (χ1) is 12.9. The molecule has 2 fully saturated rings. The summed E-state index contributed by atoms with van der Waals surface area (Å²) in [6.45, 7) is 4.82. The predicted molar refractivity (Wildman–Crippen MR) is 104 cm³/mol. The van der Waals surface area contributed by atoms with Gasteiger partial charge in [-0.3, -0.25) is 9.69 Å². The number of nitrogens with one attached hydrogen (secondary N) is 1. The highest BCUT2D eigenvalue weighted by Gasteiger charge is 2.48. The molecule has 1 N–H and O–H groups in total. The highest BCUT2D eigenvalue weighted by molar-refractivity contribution is 7.99. The molecule has 150 valence electrons. The molecule has 1 heterocycles. The van der Waals surface area contributed by atoms with Crippen LogP contribution in [-0.2, 0) is 11.3 Å². The second-order valence-corrected chi connectivity index (χ2v) is 8.73. The maximum absolute atomic E-state index is 13.3. The minimum absolute atomic E-state index is 0.0492. The number of carbonyl (C=O) groups is 1. The van der Waals surface area contributed by atoms with Gasteiger partial charge in [-0.25, -0.2) is 0 Å². The number of thioether (sulfide) groups is 1. The van der Waals surface area contributed by atoms with Crippen molar-refractivity contribution in [1.82, 2.24) is 4.90 Å². The fraction of sp³-hybridized carbons (Fsp3) is 0.650. The van der Waals surface area contributed by atoms with Gasteiger partial charge >= 0.3 is 6.18 Å². The Labute approximate surface area is 163 Å². The lowest BCUT2D eigenvalue weighted by molar-refractivity contribution is -0.197. The fourth-order valence-corrected chi connectivity index (χ4v) is 5.03. The van der Waals surface area contributed by atoms with E-state index in [2.05, 4.69) is 10.2 Å². The van der Waals surface area contributed by atoms with Crippen molar-refractivity contribution in [2.75, 3.05) is 29.9 Å². The highest BCUT2D eigenvalue weighted by Crippen LogP contribution is 2.42. The van der Waals surface area contributed by atoms with E-state index in [-0.39, 0.29) is 6.42 Å². The predicted octanol–water partition coefficient (Wildman–Crippen LogP) is 4.85. The van der Waals surface area contributed by atoms with Gasteiger partial charge in [0.25, 0.3) is 0 Å². The van der Waals surface area contributed by atoms with E-state index >= 15 is 0 Å². The Bertz CT molecular complexity index is 659. The first-order valence-electron chi connectivity index (χ1n) is 9.62. The van der Waals surface area contributed by atoms with Crippen molar-refractivity contribution in [2.24, 2.45) is 11.8 Å². The summed E-state index contributed by atoms with van der Waals surface area (Å²) in [6.07, 6.45) is -2.74. The molecule has 0 bridgehead atoms. The van der Waals surface area contributed by atoms with Gasteiger partial charge in [-0.1, -0.05) is 25.0 Å². The number of rotatable bonds is 4. The Balaban J connectivity index is 1.70. The number of halogens is 3. The van der Waals surface area contributed by atoms with Crippen molar-refractivity contribution in [3.8, 4) is 0 Å². The largest absolute Gasteiger partial charge is 0.392 e. The van der Waals surface area contributed by atoms with Gasteiger partial charge < -0.3 is 5.32 Å². The molecule has 1 saturated heterocycles. The zero-order valence-electron chi connectivity index (χ0n) is 15.6. The van der Waals surface area contributed by atoms with E-state index in [0.717, 1.165) is 42.3 Å². The number of alkyl halides is 3. The van der Waals surface area contributed by atoms with Gasteiger partial charge in [-0.2, -0.15) is 24.9 Å². The third-order valence-corrected chi connectivity index (χ3v) is 6.67. The minimum Gasteiger partial charge on any atom is -0.326 e. The quantitative estimate of drug-likeness (QED) is 0.784. The molecule has 1 amide bonds. The first kappa shape index (κ1) is 20.5. The van der Waals surface area contributed by atoms with Gasteiger partial charge in [0.05, 0.1) is 5.92 Å². The van der Waals surface area contributed by atoms with Gasteiger partial charge in [-0.05, 0) is 37.0 Å². The maximum atomic E-state index is 13.3. The molecule has 7 heteroatoms. The van der Waals surface area contributed by atoms with Gasteiger partial charge in [0, 0.05) is 42.7 Å². The lowest BCUT2D eigenvalue weighted by Crippen LogP contribution is -2.39. The van der Waals surface area contributed by atoms with E-state index in [1.807, 2.05) is 30.8 Å². The summed E-state index contributed by atoms with van der Waals surface area (Å²) in [4.78, 5) is 15.0. The van der Waals surface area contributed by atoms with Crippen LogP contribution in [0.5, 0.6) is 0 Å². The summed E-state index contributed by atoms with van der Waals surface area (Å²) in [5.74, 6) is -0.764. The van der Waals surface area contributed by atoms with Gasteiger partial charge in [0.1, 0.15) is 0 Å². The lowest BCUT2D eigenvalue weighted by atomic mass is 9.78. The molecule has 27 heavy (non-hydrogen) atoms. The number of hydrogen-bond acceptors (Lipinski definition) is 3. The Morgan fingerprint density at radius 3 is 2.63 bits per heavy atom. The van der Waals surface area contributed by atoms with Crippen molar-refractivity contribution >= 4 is 23.4 Å². The average Bonchev–Trinajstić information content (AvgIpc) is 2.65. The molecule has 0 radical (unpaired) electrons. The Morgan fingerprint density at radius 1 is 1.22 bits per heavy atom. The average molecular weight is 401 g/mol. The van der Waals surface area contributed by atoms with Crippen LogP contribution in [0.2, 0.25) is 0 Å². The van der Waals surface area contributed by atoms with Crippen LogP contribution in [0.1, 0.15) is 36.8 Å². The summed E-state index contributed by atoms with van der Waals surface area (Å²) >= 11 is 1.95. The number of anilines is 1. The SMILES string of the molecule is Cc1c(CN2CCSCC2)cccc1NC(=O)C1CCCCC1C(F)(F)F. The van der Waals surface area contributed by atoms with Crippen molar-refractivity contribution in [3.63, 3.8) is 0 Å². The van der Waals surface area contributed by atoms with Crippen LogP contribution in [0.3, 0.4) is 0 Å². The fourth-order valence-electron chi connectivity index (χ4n) is 4.05. The van der Waals surface area contributed by atoms with Gasteiger partial charge in [0.15, 0.2) is 0 Å². The van der Waals surface area contributed by atoms with Crippen LogP contribution in [0.25, 0.3) is 0 Å². The number of nitrogens with zero attached hydrogens (tertiary/aromatic N) is 1. The summed E-state index contributed by atoms with van der Waals surface area (Å²) < 4.78 is 39.9. The molecule has 3 nitrogen and oxygen atoms in total. The third kappa shape index (κ3) is 5.19. The van der Waals surface area contributed by atoms with Crippen LogP contribution >= 0.6 is 11.8 Å². The topological polar surface area (TPSA) is 32.3 Å². The molecule has 1 aromatic rings. The van der Waals surface area contributed by atoms with Crippen molar-refractivity contribution in [1.29, 1.82) is 0 Å².